The Morgan fingerprint density at radius 2 is 1.82 bits per heavy atom. The van der Waals surface area contributed by atoms with Gasteiger partial charge in [0, 0.05) is 31.5 Å². The minimum Gasteiger partial charge on any atom is -0.348 e. The molecule has 0 saturated heterocycles. The van der Waals surface area contributed by atoms with E-state index in [2.05, 4.69) is 27.6 Å². The van der Waals surface area contributed by atoms with Crippen LogP contribution in [0.4, 0.5) is 0 Å². The Morgan fingerprint density at radius 1 is 1.00 bits per heavy atom. The number of amides is 1. The van der Waals surface area contributed by atoms with E-state index in [1.807, 2.05) is 79.4 Å². The molecular weight excluding hydrogens is 412 g/mol. The predicted molar refractivity (Wildman–Crippen MR) is 128 cm³/mol. The smallest absolute Gasteiger partial charge is 0.252 e. The highest BCUT2D eigenvalue weighted by atomic mass is 16.1. The Hall–Kier alpha value is -4.26. The number of hydrogen-bond acceptors (Lipinski definition) is 4. The number of benzene rings is 2. The lowest BCUT2D eigenvalue weighted by atomic mass is 10.0. The molecule has 1 N–H and O–H groups in total. The van der Waals surface area contributed by atoms with Crippen LogP contribution in [0.15, 0.2) is 79.1 Å². The van der Waals surface area contributed by atoms with Crippen molar-refractivity contribution in [3.63, 3.8) is 0 Å². The lowest BCUT2D eigenvalue weighted by molar-refractivity contribution is 0.0952. The summed E-state index contributed by atoms with van der Waals surface area (Å²) in [5.41, 5.74) is 5.93. The average molecular weight is 437 g/mol. The van der Waals surface area contributed by atoms with Crippen molar-refractivity contribution in [3.8, 4) is 11.3 Å². The molecule has 0 radical (unpaired) electrons. The van der Waals surface area contributed by atoms with E-state index in [9.17, 15) is 4.79 Å². The van der Waals surface area contributed by atoms with Gasteiger partial charge in [0.2, 0.25) is 0 Å². The molecule has 5 aromatic rings. The number of hydrogen-bond donors (Lipinski definition) is 1. The second-order valence-electron chi connectivity index (χ2n) is 8.03. The summed E-state index contributed by atoms with van der Waals surface area (Å²) < 4.78 is 3.61. The second kappa shape index (κ2) is 8.70. The maximum atomic E-state index is 13.3. The molecule has 0 aliphatic rings. The van der Waals surface area contributed by atoms with Crippen molar-refractivity contribution in [2.24, 2.45) is 7.05 Å². The zero-order valence-electron chi connectivity index (χ0n) is 18.6. The van der Waals surface area contributed by atoms with E-state index in [1.54, 1.807) is 10.9 Å². The van der Waals surface area contributed by atoms with Gasteiger partial charge in [-0.25, -0.2) is 4.98 Å². The second-order valence-corrected chi connectivity index (χ2v) is 8.03. The number of pyridine rings is 1. The molecule has 0 aliphatic heterocycles. The van der Waals surface area contributed by atoms with Crippen molar-refractivity contribution in [2.45, 2.75) is 20.0 Å². The molecule has 0 spiro atoms. The summed E-state index contributed by atoms with van der Waals surface area (Å²) in [6.45, 7) is 3.02. The molecule has 2 aromatic carbocycles. The first-order valence-corrected chi connectivity index (χ1v) is 10.8. The summed E-state index contributed by atoms with van der Waals surface area (Å²) in [5.74, 6) is -0.145. The molecule has 164 valence electrons. The Labute approximate surface area is 191 Å². The number of rotatable bonds is 6. The molecule has 0 unspecified atom stereocenters. The number of fused-ring (bicyclic) bond motifs is 1. The van der Waals surface area contributed by atoms with Gasteiger partial charge >= 0.3 is 0 Å². The Bertz CT molecular complexity index is 1420. The first kappa shape index (κ1) is 20.6. The van der Waals surface area contributed by atoms with Crippen LogP contribution in [0.2, 0.25) is 0 Å². The van der Waals surface area contributed by atoms with Crippen LogP contribution >= 0.6 is 0 Å². The van der Waals surface area contributed by atoms with Crippen molar-refractivity contribution in [3.05, 3.63) is 102 Å². The van der Waals surface area contributed by atoms with Gasteiger partial charge in [-0.15, -0.1) is 0 Å². The molecule has 3 aromatic heterocycles. The van der Waals surface area contributed by atoms with Gasteiger partial charge in [0.25, 0.3) is 5.91 Å². The molecule has 7 heteroatoms. The lowest BCUT2D eigenvalue weighted by Crippen LogP contribution is -2.23. The molecule has 7 nitrogen and oxygen atoms in total. The van der Waals surface area contributed by atoms with Crippen molar-refractivity contribution in [1.82, 2.24) is 29.9 Å². The van der Waals surface area contributed by atoms with Gasteiger partial charge in [-0.3, -0.25) is 14.2 Å². The highest BCUT2D eigenvalue weighted by Crippen LogP contribution is 2.26. The maximum Gasteiger partial charge on any atom is 0.252 e. The first-order chi connectivity index (χ1) is 16.1. The third-order valence-electron chi connectivity index (χ3n) is 5.63. The van der Waals surface area contributed by atoms with E-state index in [0.29, 0.717) is 24.3 Å². The zero-order valence-corrected chi connectivity index (χ0v) is 18.6. The molecule has 0 fully saturated rings. The Kier molecular flexibility index (Phi) is 5.44. The topological polar surface area (TPSA) is 77.6 Å². The molecule has 1 amide bonds. The third kappa shape index (κ3) is 4.25. The fourth-order valence-electron chi connectivity index (χ4n) is 4.08. The van der Waals surface area contributed by atoms with Gasteiger partial charge in [0.05, 0.1) is 28.9 Å². The molecule has 5 rings (SSSR count). The van der Waals surface area contributed by atoms with Gasteiger partial charge in [-0.05, 0) is 30.2 Å². The van der Waals surface area contributed by atoms with Crippen LogP contribution < -0.4 is 5.32 Å². The van der Waals surface area contributed by atoms with Crippen molar-refractivity contribution >= 4 is 16.9 Å². The third-order valence-corrected chi connectivity index (χ3v) is 5.63. The number of nitrogens with zero attached hydrogens (tertiary/aromatic N) is 5. The van der Waals surface area contributed by atoms with Gasteiger partial charge in [-0.1, -0.05) is 54.6 Å². The SMILES string of the molecule is Cc1nn(C)c2nc(-c3ccccc3)cc(C(=O)NCc3cccc(Cn4cccn4)c3)c12. The van der Waals surface area contributed by atoms with Gasteiger partial charge in [0.15, 0.2) is 5.65 Å². The van der Waals surface area contributed by atoms with Crippen LogP contribution in [0.1, 0.15) is 27.2 Å². The van der Waals surface area contributed by atoms with E-state index in [-0.39, 0.29) is 5.91 Å². The number of aromatic nitrogens is 5. The van der Waals surface area contributed by atoms with E-state index in [0.717, 1.165) is 33.5 Å². The van der Waals surface area contributed by atoms with Crippen molar-refractivity contribution in [2.75, 3.05) is 0 Å². The summed E-state index contributed by atoms with van der Waals surface area (Å²) in [4.78, 5) is 18.1. The first-order valence-electron chi connectivity index (χ1n) is 10.8. The quantitative estimate of drug-likeness (QED) is 0.434. The van der Waals surface area contributed by atoms with Crippen LogP contribution in [0.5, 0.6) is 0 Å². The number of aryl methyl sites for hydroxylation is 2. The fourth-order valence-corrected chi connectivity index (χ4v) is 4.08. The molecule has 0 atom stereocenters. The van der Waals surface area contributed by atoms with E-state index >= 15 is 0 Å². The minimum atomic E-state index is -0.145. The zero-order chi connectivity index (χ0) is 22.8. The molecule has 33 heavy (non-hydrogen) atoms. The summed E-state index contributed by atoms with van der Waals surface area (Å²) in [6.07, 6.45) is 3.70. The highest BCUT2D eigenvalue weighted by Gasteiger charge is 2.19. The van der Waals surface area contributed by atoms with Gasteiger partial charge in [0.1, 0.15) is 0 Å². The Balaban J connectivity index is 1.43. The Morgan fingerprint density at radius 3 is 2.61 bits per heavy atom. The summed E-state index contributed by atoms with van der Waals surface area (Å²) >= 11 is 0. The van der Waals surface area contributed by atoms with E-state index < -0.39 is 0 Å². The summed E-state index contributed by atoms with van der Waals surface area (Å²) in [5, 5.41) is 12.6. The van der Waals surface area contributed by atoms with Crippen LogP contribution in [0.3, 0.4) is 0 Å². The lowest BCUT2D eigenvalue weighted by Gasteiger charge is -2.10. The van der Waals surface area contributed by atoms with Crippen LogP contribution in [0.25, 0.3) is 22.3 Å². The standard InChI is InChI=1S/C26H24N6O/c1-18-24-22(15-23(21-10-4-3-5-11-21)29-25(24)31(2)30-18)26(33)27-16-19-8-6-9-20(14-19)17-32-13-7-12-28-32/h3-15H,16-17H2,1-2H3,(H,27,33). The van der Waals surface area contributed by atoms with Gasteiger partial charge < -0.3 is 5.32 Å². The molecule has 3 heterocycles. The van der Waals surface area contributed by atoms with Crippen LogP contribution in [-0.4, -0.2) is 30.5 Å². The summed E-state index contributed by atoms with van der Waals surface area (Å²) in [6, 6.07) is 21.8. The number of nitrogens with one attached hydrogen (secondary N) is 1. The molecular formula is C26H24N6O. The number of carbonyl (C=O) groups is 1. The monoisotopic (exact) mass is 436 g/mol. The maximum absolute atomic E-state index is 13.3. The largest absolute Gasteiger partial charge is 0.348 e. The normalized spacial score (nSPS) is 11.1. The predicted octanol–water partition coefficient (Wildman–Crippen LogP) is 4.12. The minimum absolute atomic E-state index is 0.145. The molecule has 0 saturated carbocycles. The van der Waals surface area contributed by atoms with Crippen molar-refractivity contribution < 1.29 is 4.79 Å². The van der Waals surface area contributed by atoms with Crippen molar-refractivity contribution in [1.29, 1.82) is 0 Å². The van der Waals surface area contributed by atoms with E-state index in [4.69, 9.17) is 4.98 Å². The van der Waals surface area contributed by atoms with Crippen LogP contribution in [0, 0.1) is 6.92 Å². The summed E-state index contributed by atoms with van der Waals surface area (Å²) in [7, 11) is 1.85. The van der Waals surface area contributed by atoms with E-state index in [1.165, 1.54) is 0 Å². The average Bonchev–Trinajstić information content (AvgIpc) is 3.45. The fraction of sp³-hybridized carbons (Fsp3) is 0.154. The highest BCUT2D eigenvalue weighted by molar-refractivity contribution is 6.07. The molecule has 0 bridgehead atoms. The van der Waals surface area contributed by atoms with Crippen LogP contribution in [-0.2, 0) is 20.1 Å². The molecule has 0 aliphatic carbocycles. The van der Waals surface area contributed by atoms with Gasteiger partial charge in [-0.2, -0.15) is 10.2 Å². The number of carbonyl (C=O) groups excluding carboxylic acids is 1.